The van der Waals surface area contributed by atoms with Gasteiger partial charge in [0.2, 0.25) is 0 Å². The molecule has 0 spiro atoms. The number of aryl methyl sites for hydroxylation is 2. The molecule has 25 heavy (non-hydrogen) atoms. The highest BCUT2D eigenvalue weighted by Gasteiger charge is 2.00. The number of unbranched alkanes of at least 4 members (excludes halogenated alkanes) is 6. The van der Waals surface area contributed by atoms with Crippen LogP contribution >= 0.6 is 0 Å². The Kier molecular flexibility index (Phi) is 8.83. The highest BCUT2D eigenvalue weighted by atomic mass is 14.1. The molecule has 0 unspecified atom stereocenters. The molecule has 0 heterocycles. The van der Waals surface area contributed by atoms with Crippen LogP contribution in [-0.2, 0) is 12.8 Å². The lowest BCUT2D eigenvalue weighted by atomic mass is 9.99. The van der Waals surface area contributed by atoms with Gasteiger partial charge in [0.15, 0.2) is 0 Å². The van der Waals surface area contributed by atoms with E-state index >= 15 is 0 Å². The summed E-state index contributed by atoms with van der Waals surface area (Å²) < 4.78 is 0. The van der Waals surface area contributed by atoms with E-state index in [1.807, 2.05) is 12.2 Å². The van der Waals surface area contributed by atoms with Crippen molar-refractivity contribution in [2.24, 2.45) is 0 Å². The zero-order valence-electron chi connectivity index (χ0n) is 15.6. The van der Waals surface area contributed by atoms with Gasteiger partial charge in [0, 0.05) is 0 Å². The molecule has 0 nitrogen and oxygen atoms in total. The molecule has 0 atom stereocenters. The van der Waals surface area contributed by atoms with Gasteiger partial charge in [0.25, 0.3) is 0 Å². The van der Waals surface area contributed by atoms with Crippen LogP contribution in [0.5, 0.6) is 0 Å². The van der Waals surface area contributed by atoms with Gasteiger partial charge < -0.3 is 0 Å². The molecule has 2 rings (SSSR count). The molecule has 0 aromatic heterocycles. The summed E-state index contributed by atoms with van der Waals surface area (Å²) in [5, 5.41) is 0. The minimum Gasteiger partial charge on any atom is -0.0985 e. The van der Waals surface area contributed by atoms with Crippen LogP contribution in [0.1, 0.15) is 67.2 Å². The Bertz CT molecular complexity index is 593. The fourth-order valence-corrected chi connectivity index (χ4v) is 3.44. The summed E-state index contributed by atoms with van der Waals surface area (Å²) >= 11 is 0. The zero-order chi connectivity index (χ0) is 17.7. The average Bonchev–Trinajstić information content (AvgIpc) is 2.67. The van der Waals surface area contributed by atoms with E-state index in [4.69, 9.17) is 0 Å². The quantitative estimate of drug-likeness (QED) is 0.353. The second-order valence-corrected chi connectivity index (χ2v) is 6.78. The second-order valence-electron chi connectivity index (χ2n) is 6.78. The Morgan fingerprint density at radius 3 is 1.28 bits per heavy atom. The summed E-state index contributed by atoms with van der Waals surface area (Å²) in [4.78, 5) is 0. The summed E-state index contributed by atoms with van der Waals surface area (Å²) in [5.74, 6) is 0. The first kappa shape index (κ1) is 19.2. The van der Waals surface area contributed by atoms with Gasteiger partial charge in [-0.2, -0.15) is 0 Å². The standard InChI is InChI=1S/C25H32/c1-3-22-16-12-14-20-24(22)18-10-8-6-5-7-9-11-19-25-21-15-13-17-23(25)4-2/h3-4,12-17,20-21H,1-2,5-11,18-19H2. The second kappa shape index (κ2) is 11.5. The van der Waals surface area contributed by atoms with Crippen molar-refractivity contribution in [3.05, 3.63) is 83.9 Å². The highest BCUT2D eigenvalue weighted by molar-refractivity contribution is 5.52. The van der Waals surface area contributed by atoms with Crippen LogP contribution in [0.4, 0.5) is 0 Å². The van der Waals surface area contributed by atoms with E-state index in [1.165, 1.54) is 80.0 Å². The summed E-state index contributed by atoms with van der Waals surface area (Å²) in [6.45, 7) is 7.81. The van der Waals surface area contributed by atoms with Crippen LogP contribution < -0.4 is 0 Å². The molecular weight excluding hydrogens is 300 g/mol. The van der Waals surface area contributed by atoms with Crippen molar-refractivity contribution in [1.29, 1.82) is 0 Å². The van der Waals surface area contributed by atoms with E-state index in [0.29, 0.717) is 0 Å². The number of hydrogen-bond acceptors (Lipinski definition) is 0. The van der Waals surface area contributed by atoms with Crippen LogP contribution in [0, 0.1) is 0 Å². The van der Waals surface area contributed by atoms with Crippen LogP contribution in [0.25, 0.3) is 12.2 Å². The third-order valence-electron chi connectivity index (χ3n) is 4.94. The van der Waals surface area contributed by atoms with Gasteiger partial charge in [-0.1, -0.05) is 106 Å². The SMILES string of the molecule is C=Cc1ccccc1CCCCCCCCCc1ccccc1C=C. The molecule has 0 aliphatic heterocycles. The first-order valence-corrected chi connectivity index (χ1v) is 9.76. The molecule has 0 saturated carbocycles. The van der Waals surface area contributed by atoms with Crippen LogP contribution in [0.3, 0.4) is 0 Å². The third-order valence-corrected chi connectivity index (χ3v) is 4.94. The summed E-state index contributed by atoms with van der Waals surface area (Å²) in [5.41, 5.74) is 5.47. The Morgan fingerprint density at radius 1 is 0.520 bits per heavy atom. The van der Waals surface area contributed by atoms with Gasteiger partial charge in [0.1, 0.15) is 0 Å². The molecule has 132 valence electrons. The van der Waals surface area contributed by atoms with Gasteiger partial charge in [0.05, 0.1) is 0 Å². The van der Waals surface area contributed by atoms with Crippen LogP contribution in [-0.4, -0.2) is 0 Å². The molecule has 0 heteroatoms. The predicted octanol–water partition coefficient (Wildman–Crippen LogP) is 7.49. The first-order chi connectivity index (χ1) is 12.3. The maximum Gasteiger partial charge on any atom is -0.0230 e. The highest BCUT2D eigenvalue weighted by Crippen LogP contribution is 2.17. The molecule has 0 saturated heterocycles. The van der Waals surface area contributed by atoms with Crippen molar-refractivity contribution in [2.45, 2.75) is 57.8 Å². The van der Waals surface area contributed by atoms with E-state index in [9.17, 15) is 0 Å². The molecule has 2 aromatic rings. The zero-order valence-corrected chi connectivity index (χ0v) is 15.6. The summed E-state index contributed by atoms with van der Waals surface area (Å²) in [6.07, 6.45) is 15.6. The molecule has 0 N–H and O–H groups in total. The topological polar surface area (TPSA) is 0 Å². The monoisotopic (exact) mass is 332 g/mol. The van der Waals surface area contributed by atoms with Gasteiger partial charge >= 0.3 is 0 Å². The number of rotatable bonds is 12. The smallest absolute Gasteiger partial charge is 0.0230 e. The molecule has 0 bridgehead atoms. The van der Waals surface area contributed by atoms with Crippen molar-refractivity contribution in [3.8, 4) is 0 Å². The van der Waals surface area contributed by atoms with Crippen molar-refractivity contribution in [1.82, 2.24) is 0 Å². The average molecular weight is 333 g/mol. The third kappa shape index (κ3) is 6.74. The molecule has 0 aliphatic rings. The van der Waals surface area contributed by atoms with Crippen molar-refractivity contribution in [3.63, 3.8) is 0 Å². The lowest BCUT2D eigenvalue weighted by Crippen LogP contribution is -1.91. The van der Waals surface area contributed by atoms with Gasteiger partial charge in [-0.25, -0.2) is 0 Å². The molecule has 2 aromatic carbocycles. The van der Waals surface area contributed by atoms with Crippen molar-refractivity contribution >= 4 is 12.2 Å². The summed E-state index contributed by atoms with van der Waals surface area (Å²) in [6, 6.07) is 17.2. The molecular formula is C25H32. The molecule has 0 amide bonds. The molecule has 0 aliphatic carbocycles. The Labute approximate surface area is 154 Å². The normalized spacial score (nSPS) is 10.6. The van der Waals surface area contributed by atoms with Gasteiger partial charge in [-0.15, -0.1) is 0 Å². The van der Waals surface area contributed by atoms with Gasteiger partial charge in [-0.3, -0.25) is 0 Å². The van der Waals surface area contributed by atoms with E-state index in [2.05, 4.69) is 61.7 Å². The van der Waals surface area contributed by atoms with E-state index in [1.54, 1.807) is 0 Å². The lowest BCUT2D eigenvalue weighted by Gasteiger charge is -2.07. The van der Waals surface area contributed by atoms with Crippen LogP contribution in [0.2, 0.25) is 0 Å². The minimum absolute atomic E-state index is 1.18. The fourth-order valence-electron chi connectivity index (χ4n) is 3.44. The van der Waals surface area contributed by atoms with Gasteiger partial charge in [-0.05, 0) is 47.9 Å². The van der Waals surface area contributed by atoms with Crippen LogP contribution in [0.15, 0.2) is 61.7 Å². The Hall–Kier alpha value is -2.08. The largest absolute Gasteiger partial charge is 0.0985 e. The number of benzene rings is 2. The van der Waals surface area contributed by atoms with E-state index in [0.717, 1.165) is 0 Å². The lowest BCUT2D eigenvalue weighted by molar-refractivity contribution is 0.579. The van der Waals surface area contributed by atoms with Crippen molar-refractivity contribution < 1.29 is 0 Å². The minimum atomic E-state index is 1.18. The maximum atomic E-state index is 3.91. The Morgan fingerprint density at radius 2 is 0.880 bits per heavy atom. The molecule has 0 fully saturated rings. The van der Waals surface area contributed by atoms with Crippen molar-refractivity contribution in [2.75, 3.05) is 0 Å². The Balaban J connectivity index is 1.52. The van der Waals surface area contributed by atoms with E-state index < -0.39 is 0 Å². The first-order valence-electron chi connectivity index (χ1n) is 9.76. The molecule has 0 radical (unpaired) electrons. The number of hydrogen-bond donors (Lipinski definition) is 0. The van der Waals surface area contributed by atoms with E-state index in [-0.39, 0.29) is 0 Å². The summed E-state index contributed by atoms with van der Waals surface area (Å²) in [7, 11) is 0. The fraction of sp³-hybridized carbons (Fsp3) is 0.360. The maximum absolute atomic E-state index is 3.91. The predicted molar refractivity (Wildman–Crippen MR) is 113 cm³/mol.